The Morgan fingerprint density at radius 3 is 2.28 bits per heavy atom. The van der Waals surface area contributed by atoms with Crippen LogP contribution in [0.25, 0.3) is 0 Å². The van der Waals surface area contributed by atoms with Crippen LogP contribution in [0.3, 0.4) is 0 Å². The van der Waals surface area contributed by atoms with E-state index in [2.05, 4.69) is 10.0 Å². The molecule has 1 aliphatic heterocycles. The van der Waals surface area contributed by atoms with Crippen molar-refractivity contribution < 1.29 is 42.5 Å². The maximum atomic E-state index is 13.5. The number of carbonyl (C=O) groups is 3. The Bertz CT molecular complexity index is 1610. The number of carbonyl (C=O) groups excluding carboxylic acids is 3. The van der Waals surface area contributed by atoms with Crippen LogP contribution in [0.2, 0.25) is 0 Å². The van der Waals surface area contributed by atoms with Crippen LogP contribution in [0, 0.1) is 13.8 Å². The first kappa shape index (κ1) is 27.7. The molecule has 206 valence electrons. The van der Waals surface area contributed by atoms with E-state index in [0.29, 0.717) is 5.69 Å². The molecule has 2 aromatic carbocycles. The summed E-state index contributed by atoms with van der Waals surface area (Å²) in [6.45, 7) is 6.20. The number of sulfonamides is 1. The number of hydrogen-bond acceptors (Lipinski definition) is 9. The Morgan fingerprint density at radius 2 is 1.74 bits per heavy atom. The molecule has 0 saturated heterocycles. The zero-order valence-electron chi connectivity index (χ0n) is 22.2. The van der Waals surface area contributed by atoms with E-state index >= 15 is 0 Å². The number of ether oxygens (including phenoxy) is 2. The quantitative estimate of drug-likeness (QED) is 0.375. The minimum Gasteiger partial charge on any atom is -0.507 e. The molecule has 11 nitrogen and oxygen atoms in total. The summed E-state index contributed by atoms with van der Waals surface area (Å²) in [5.74, 6) is -3.23. The highest BCUT2D eigenvalue weighted by Crippen LogP contribution is 2.56. The van der Waals surface area contributed by atoms with Crippen molar-refractivity contribution in [3.63, 3.8) is 0 Å². The van der Waals surface area contributed by atoms with Gasteiger partial charge in [0.2, 0.25) is 10.0 Å². The van der Waals surface area contributed by atoms with Gasteiger partial charge in [0, 0.05) is 24.4 Å². The summed E-state index contributed by atoms with van der Waals surface area (Å²) in [6, 6.07) is 4.48. The molecule has 0 unspecified atom stereocenters. The van der Waals surface area contributed by atoms with Crippen LogP contribution in [0.5, 0.6) is 17.2 Å². The van der Waals surface area contributed by atoms with Gasteiger partial charge in [0.1, 0.15) is 39.6 Å². The standard InChI is InChI=1S/C27H28N2O9S/c1-12-7-15(29-39(6,35)36)8-13(2)16(12)11-28-26(34)22-19(37-5)9-18(32)23-24(22)38-20-10-17(31)21(14(3)30)25(33)27(20,23)4/h7-10,29,31-32H,11H2,1-6H3,(H,28,34)/t27-/m1/s1. The third-order valence-corrected chi connectivity index (χ3v) is 7.46. The Kier molecular flexibility index (Phi) is 6.72. The van der Waals surface area contributed by atoms with Gasteiger partial charge in [0.25, 0.3) is 5.91 Å². The lowest BCUT2D eigenvalue weighted by Gasteiger charge is -2.27. The van der Waals surface area contributed by atoms with Crippen LogP contribution in [-0.4, -0.2) is 49.5 Å². The van der Waals surface area contributed by atoms with Crippen molar-refractivity contribution in [2.24, 2.45) is 0 Å². The van der Waals surface area contributed by atoms with Crippen LogP contribution in [0.15, 0.2) is 41.4 Å². The molecule has 2 aliphatic rings. The number of allylic oxidation sites excluding steroid dienone is 3. The molecule has 1 atom stereocenters. The summed E-state index contributed by atoms with van der Waals surface area (Å²) >= 11 is 0. The zero-order chi connectivity index (χ0) is 29.0. The van der Waals surface area contributed by atoms with E-state index < -0.39 is 44.2 Å². The molecule has 4 rings (SSSR count). The number of hydrogen-bond donors (Lipinski definition) is 4. The summed E-state index contributed by atoms with van der Waals surface area (Å²) in [5, 5.41) is 24.0. The second kappa shape index (κ2) is 9.45. The van der Waals surface area contributed by atoms with Crippen molar-refractivity contribution in [3.8, 4) is 17.2 Å². The maximum absolute atomic E-state index is 13.5. The SMILES string of the molecule is COc1cc(O)c2c(c1C(=O)NCc1c(C)cc(NS(C)(=O)=O)cc1C)OC1=CC(O)=C(C(C)=O)C(=O)[C@]12C. The van der Waals surface area contributed by atoms with Crippen LogP contribution < -0.4 is 19.5 Å². The summed E-state index contributed by atoms with van der Waals surface area (Å²) in [6.07, 6.45) is 2.18. The highest BCUT2D eigenvalue weighted by molar-refractivity contribution is 7.92. The fourth-order valence-corrected chi connectivity index (χ4v) is 5.57. The predicted molar refractivity (Wildman–Crippen MR) is 142 cm³/mol. The maximum Gasteiger partial charge on any atom is 0.259 e. The number of methoxy groups -OCH3 is 1. The number of rotatable bonds is 7. The van der Waals surface area contributed by atoms with E-state index in [1.807, 2.05) is 0 Å². The van der Waals surface area contributed by atoms with Gasteiger partial charge in [-0.25, -0.2) is 8.42 Å². The molecule has 0 fully saturated rings. The predicted octanol–water partition coefficient (Wildman–Crippen LogP) is 2.84. The number of anilines is 1. The number of phenols is 1. The van der Waals surface area contributed by atoms with Crippen molar-refractivity contribution in [2.45, 2.75) is 39.7 Å². The van der Waals surface area contributed by atoms with Crippen molar-refractivity contribution >= 4 is 33.2 Å². The van der Waals surface area contributed by atoms with Crippen molar-refractivity contribution in [2.75, 3.05) is 18.1 Å². The normalized spacial score (nSPS) is 18.1. The van der Waals surface area contributed by atoms with E-state index in [9.17, 15) is 33.0 Å². The number of aliphatic hydroxyl groups excluding tert-OH is 1. The summed E-state index contributed by atoms with van der Waals surface area (Å²) in [5.41, 5.74) is 0.383. The molecule has 1 aliphatic carbocycles. The number of nitrogens with one attached hydrogen (secondary N) is 2. The van der Waals surface area contributed by atoms with Gasteiger partial charge < -0.3 is 25.0 Å². The van der Waals surface area contributed by atoms with Gasteiger partial charge in [-0.1, -0.05) is 0 Å². The van der Waals surface area contributed by atoms with Crippen molar-refractivity contribution in [1.82, 2.24) is 5.32 Å². The highest BCUT2D eigenvalue weighted by atomic mass is 32.2. The van der Waals surface area contributed by atoms with Crippen LogP contribution in [-0.2, 0) is 31.6 Å². The van der Waals surface area contributed by atoms with Gasteiger partial charge in [-0.05, 0) is 56.5 Å². The molecule has 4 N–H and O–H groups in total. The first-order chi connectivity index (χ1) is 18.1. The molecule has 0 spiro atoms. The first-order valence-corrected chi connectivity index (χ1v) is 13.7. The minimum absolute atomic E-state index is 0.0239. The average molecular weight is 557 g/mol. The second-order valence-electron chi connectivity index (χ2n) is 9.70. The Balaban J connectivity index is 1.73. The average Bonchev–Trinajstić information content (AvgIpc) is 3.10. The number of fused-ring (bicyclic) bond motifs is 3. The van der Waals surface area contributed by atoms with E-state index in [1.54, 1.807) is 26.0 Å². The Hall–Kier alpha value is -4.32. The van der Waals surface area contributed by atoms with Crippen LogP contribution in [0.4, 0.5) is 5.69 Å². The van der Waals surface area contributed by atoms with Gasteiger partial charge >= 0.3 is 0 Å². The summed E-state index contributed by atoms with van der Waals surface area (Å²) < 4.78 is 36.9. The zero-order valence-corrected chi connectivity index (χ0v) is 23.0. The lowest BCUT2D eigenvalue weighted by atomic mass is 9.71. The fraction of sp³-hybridized carbons (Fsp3) is 0.296. The molecular formula is C27H28N2O9S. The molecule has 39 heavy (non-hydrogen) atoms. The van der Waals surface area contributed by atoms with E-state index in [1.165, 1.54) is 20.1 Å². The second-order valence-corrected chi connectivity index (χ2v) is 11.5. The monoisotopic (exact) mass is 556 g/mol. The number of aliphatic hydroxyl groups is 1. The number of ketones is 2. The largest absolute Gasteiger partial charge is 0.507 e. The molecule has 1 heterocycles. The number of phenolic OH excluding ortho intramolecular Hbond substituents is 1. The number of benzene rings is 2. The van der Waals surface area contributed by atoms with E-state index in [4.69, 9.17) is 9.47 Å². The van der Waals surface area contributed by atoms with Crippen molar-refractivity contribution in [3.05, 3.63) is 69.2 Å². The van der Waals surface area contributed by atoms with E-state index in [0.717, 1.165) is 35.9 Å². The number of Topliss-reactive ketones (excluding diaryl/α,β-unsaturated/α-hetero) is 2. The third-order valence-electron chi connectivity index (χ3n) is 6.86. The van der Waals surface area contributed by atoms with Crippen LogP contribution >= 0.6 is 0 Å². The molecular weight excluding hydrogens is 528 g/mol. The number of aromatic hydroxyl groups is 1. The molecule has 0 saturated carbocycles. The number of aryl methyl sites for hydroxylation is 2. The smallest absolute Gasteiger partial charge is 0.259 e. The Morgan fingerprint density at radius 1 is 1.13 bits per heavy atom. The van der Waals surface area contributed by atoms with Gasteiger partial charge in [-0.15, -0.1) is 0 Å². The molecule has 0 aromatic heterocycles. The van der Waals surface area contributed by atoms with Crippen LogP contribution in [0.1, 0.15) is 46.5 Å². The molecule has 1 amide bonds. The van der Waals surface area contributed by atoms with Gasteiger partial charge in [0.15, 0.2) is 17.3 Å². The number of amides is 1. The lowest BCUT2D eigenvalue weighted by Crippen LogP contribution is -2.38. The topological polar surface area (TPSA) is 168 Å². The molecule has 0 bridgehead atoms. The molecule has 2 aromatic rings. The lowest BCUT2D eigenvalue weighted by molar-refractivity contribution is -0.123. The molecule has 0 radical (unpaired) electrons. The van der Waals surface area contributed by atoms with Gasteiger partial charge in [0.05, 0.1) is 18.9 Å². The van der Waals surface area contributed by atoms with E-state index in [-0.39, 0.29) is 40.7 Å². The van der Waals surface area contributed by atoms with Crippen molar-refractivity contribution in [1.29, 1.82) is 0 Å². The Labute approximate surface area is 225 Å². The highest BCUT2D eigenvalue weighted by Gasteiger charge is 2.55. The summed E-state index contributed by atoms with van der Waals surface area (Å²) in [7, 11) is -2.17. The minimum atomic E-state index is -3.47. The first-order valence-electron chi connectivity index (χ1n) is 11.8. The fourth-order valence-electron chi connectivity index (χ4n) is 5.02. The third kappa shape index (κ3) is 4.60. The van der Waals surface area contributed by atoms with Gasteiger partial charge in [-0.2, -0.15) is 0 Å². The van der Waals surface area contributed by atoms with Gasteiger partial charge in [-0.3, -0.25) is 19.1 Å². The summed E-state index contributed by atoms with van der Waals surface area (Å²) in [4.78, 5) is 39.0. The molecule has 12 heteroatoms.